The third-order valence-corrected chi connectivity index (χ3v) is 4.09. The Labute approximate surface area is 124 Å². The fourth-order valence-electron chi connectivity index (χ4n) is 2.99. The zero-order valence-corrected chi connectivity index (χ0v) is 14.0. The molecule has 1 rings (SSSR count). The molecule has 1 aliphatic heterocycles. The van der Waals surface area contributed by atoms with Crippen molar-refractivity contribution in [3.8, 4) is 0 Å². The van der Waals surface area contributed by atoms with Gasteiger partial charge in [0.2, 0.25) is 5.91 Å². The lowest BCUT2D eigenvalue weighted by molar-refractivity contribution is -0.130. The second-order valence-corrected chi connectivity index (χ2v) is 6.24. The van der Waals surface area contributed by atoms with Crippen LogP contribution in [0.5, 0.6) is 0 Å². The average Bonchev–Trinajstić information content (AvgIpc) is 2.70. The highest BCUT2D eigenvalue weighted by molar-refractivity contribution is 5.84. The number of likely N-dealkylation sites (N-methyl/N-ethyl adjacent to an activating group) is 1. The first-order chi connectivity index (χ1) is 9.53. The number of hydrogen-bond donors (Lipinski definition) is 1. The van der Waals surface area contributed by atoms with Crippen LogP contribution < -0.4 is 5.32 Å². The molecule has 1 amide bonds. The first kappa shape index (κ1) is 17.4. The molecule has 2 atom stereocenters. The van der Waals surface area contributed by atoms with E-state index in [1.54, 1.807) is 0 Å². The van der Waals surface area contributed by atoms with Crippen molar-refractivity contribution >= 4 is 5.91 Å². The summed E-state index contributed by atoms with van der Waals surface area (Å²) in [5, 5.41) is 3.50. The van der Waals surface area contributed by atoms with Gasteiger partial charge in [0.1, 0.15) is 0 Å². The van der Waals surface area contributed by atoms with Crippen molar-refractivity contribution in [2.75, 3.05) is 26.2 Å². The molecule has 0 aromatic heterocycles. The SMILES string of the molecule is CCCN(CC)CCN1C(=O)C(CC(C)C)NC1CC. The van der Waals surface area contributed by atoms with Crippen LogP contribution in [0.3, 0.4) is 0 Å². The Morgan fingerprint density at radius 3 is 2.45 bits per heavy atom. The van der Waals surface area contributed by atoms with Gasteiger partial charge in [-0.25, -0.2) is 0 Å². The fraction of sp³-hybridized carbons (Fsp3) is 0.938. The van der Waals surface area contributed by atoms with Crippen LogP contribution in [0, 0.1) is 5.92 Å². The van der Waals surface area contributed by atoms with Gasteiger partial charge in [0.25, 0.3) is 0 Å². The van der Waals surface area contributed by atoms with Gasteiger partial charge >= 0.3 is 0 Å². The highest BCUT2D eigenvalue weighted by Gasteiger charge is 2.37. The maximum absolute atomic E-state index is 12.5. The second kappa shape index (κ2) is 8.63. The quantitative estimate of drug-likeness (QED) is 0.705. The Kier molecular flexibility index (Phi) is 7.52. The topological polar surface area (TPSA) is 35.6 Å². The number of hydrogen-bond acceptors (Lipinski definition) is 3. The van der Waals surface area contributed by atoms with Crippen LogP contribution in [0.15, 0.2) is 0 Å². The number of carbonyl (C=O) groups excluding carboxylic acids is 1. The van der Waals surface area contributed by atoms with Crippen LogP contribution in [0.25, 0.3) is 0 Å². The number of nitrogens with zero attached hydrogens (tertiary/aromatic N) is 2. The van der Waals surface area contributed by atoms with Crippen molar-refractivity contribution in [1.29, 1.82) is 0 Å². The summed E-state index contributed by atoms with van der Waals surface area (Å²) in [5.41, 5.74) is 0. The molecule has 1 saturated heterocycles. The minimum Gasteiger partial charge on any atom is -0.325 e. The molecular weight excluding hydrogens is 250 g/mol. The number of rotatable bonds is 9. The molecule has 4 nitrogen and oxygen atoms in total. The van der Waals surface area contributed by atoms with E-state index in [4.69, 9.17) is 0 Å². The Bertz CT molecular complexity index is 293. The van der Waals surface area contributed by atoms with Gasteiger partial charge < -0.3 is 9.80 Å². The molecule has 1 fully saturated rings. The van der Waals surface area contributed by atoms with Crippen molar-refractivity contribution in [2.24, 2.45) is 5.92 Å². The van der Waals surface area contributed by atoms with Crippen molar-refractivity contribution in [1.82, 2.24) is 15.1 Å². The lowest BCUT2D eigenvalue weighted by atomic mass is 10.0. The number of amides is 1. The normalized spacial score (nSPS) is 23.4. The van der Waals surface area contributed by atoms with Crippen LogP contribution >= 0.6 is 0 Å². The van der Waals surface area contributed by atoms with Crippen molar-refractivity contribution < 1.29 is 4.79 Å². The lowest BCUT2D eigenvalue weighted by Crippen LogP contribution is -2.42. The Morgan fingerprint density at radius 2 is 1.95 bits per heavy atom. The molecule has 0 aromatic carbocycles. The third-order valence-electron chi connectivity index (χ3n) is 4.09. The highest BCUT2D eigenvalue weighted by atomic mass is 16.2. The third kappa shape index (κ3) is 4.74. The Morgan fingerprint density at radius 1 is 1.25 bits per heavy atom. The minimum atomic E-state index is 0.0289. The van der Waals surface area contributed by atoms with Crippen molar-refractivity contribution in [3.63, 3.8) is 0 Å². The van der Waals surface area contributed by atoms with Crippen molar-refractivity contribution in [3.05, 3.63) is 0 Å². The van der Waals surface area contributed by atoms with Crippen LogP contribution in [0.1, 0.15) is 53.9 Å². The van der Waals surface area contributed by atoms with Gasteiger partial charge in [-0.15, -0.1) is 0 Å². The van der Waals surface area contributed by atoms with Crippen LogP contribution in [0.4, 0.5) is 0 Å². The molecule has 4 heteroatoms. The molecular formula is C16H33N3O. The molecule has 0 aromatic rings. The van der Waals surface area contributed by atoms with E-state index in [9.17, 15) is 4.79 Å². The maximum Gasteiger partial charge on any atom is 0.241 e. The first-order valence-electron chi connectivity index (χ1n) is 8.32. The molecule has 1 aliphatic rings. The summed E-state index contributed by atoms with van der Waals surface area (Å²) in [5.74, 6) is 0.860. The van der Waals surface area contributed by atoms with Gasteiger partial charge in [-0.05, 0) is 38.3 Å². The van der Waals surface area contributed by atoms with Crippen molar-refractivity contribution in [2.45, 2.75) is 66.1 Å². The van der Waals surface area contributed by atoms with E-state index in [2.05, 4.69) is 49.7 Å². The summed E-state index contributed by atoms with van der Waals surface area (Å²) < 4.78 is 0. The summed E-state index contributed by atoms with van der Waals surface area (Å²) >= 11 is 0. The summed E-state index contributed by atoms with van der Waals surface area (Å²) in [6, 6.07) is 0.0289. The van der Waals surface area contributed by atoms with Gasteiger partial charge in [0.15, 0.2) is 0 Å². The van der Waals surface area contributed by atoms with Gasteiger partial charge in [-0.1, -0.05) is 34.6 Å². The Balaban J connectivity index is 2.55. The van der Waals surface area contributed by atoms with Crippen LogP contribution in [-0.4, -0.2) is 54.1 Å². The monoisotopic (exact) mass is 283 g/mol. The van der Waals surface area contributed by atoms with Gasteiger partial charge in [-0.3, -0.25) is 10.1 Å². The Hall–Kier alpha value is -0.610. The number of carbonyl (C=O) groups is 1. The van der Waals surface area contributed by atoms with E-state index < -0.39 is 0 Å². The van der Waals surface area contributed by atoms with Gasteiger partial charge in [0.05, 0.1) is 12.2 Å². The molecule has 0 radical (unpaired) electrons. The highest BCUT2D eigenvalue weighted by Crippen LogP contribution is 2.18. The first-order valence-corrected chi connectivity index (χ1v) is 8.32. The standard InChI is InChI=1S/C16H33N3O/c1-6-9-18(8-3)10-11-19-15(7-2)17-14(16(19)20)12-13(4)5/h13-15,17H,6-12H2,1-5H3. The number of nitrogens with one attached hydrogen (secondary N) is 1. The zero-order chi connectivity index (χ0) is 15.1. The molecule has 1 heterocycles. The average molecular weight is 283 g/mol. The summed E-state index contributed by atoms with van der Waals surface area (Å²) in [4.78, 5) is 17.0. The van der Waals surface area contributed by atoms with Crippen LogP contribution in [0.2, 0.25) is 0 Å². The molecule has 0 aliphatic carbocycles. The molecule has 2 unspecified atom stereocenters. The van der Waals surface area contributed by atoms with Crippen LogP contribution in [-0.2, 0) is 4.79 Å². The molecule has 118 valence electrons. The molecule has 20 heavy (non-hydrogen) atoms. The molecule has 1 N–H and O–H groups in total. The molecule has 0 saturated carbocycles. The summed E-state index contributed by atoms with van der Waals surface area (Å²) in [7, 11) is 0. The minimum absolute atomic E-state index is 0.0289. The predicted octanol–water partition coefficient (Wildman–Crippen LogP) is 2.30. The van der Waals surface area contributed by atoms with Gasteiger partial charge in [-0.2, -0.15) is 0 Å². The summed E-state index contributed by atoms with van der Waals surface area (Å²) in [6.45, 7) is 14.9. The lowest BCUT2D eigenvalue weighted by Gasteiger charge is -2.27. The van der Waals surface area contributed by atoms with E-state index in [0.29, 0.717) is 11.8 Å². The fourth-order valence-corrected chi connectivity index (χ4v) is 2.99. The maximum atomic E-state index is 12.5. The van der Waals surface area contributed by atoms with E-state index in [-0.39, 0.29) is 12.2 Å². The van der Waals surface area contributed by atoms with E-state index in [1.807, 2.05) is 0 Å². The second-order valence-electron chi connectivity index (χ2n) is 6.24. The largest absolute Gasteiger partial charge is 0.325 e. The van der Waals surface area contributed by atoms with E-state index in [1.165, 1.54) is 6.42 Å². The molecule has 0 bridgehead atoms. The zero-order valence-electron chi connectivity index (χ0n) is 14.0. The summed E-state index contributed by atoms with van der Waals surface area (Å²) in [6.07, 6.45) is 3.33. The predicted molar refractivity (Wildman–Crippen MR) is 84.6 cm³/mol. The smallest absolute Gasteiger partial charge is 0.241 e. The van der Waals surface area contributed by atoms with E-state index >= 15 is 0 Å². The molecule has 0 spiro atoms. The van der Waals surface area contributed by atoms with E-state index in [0.717, 1.165) is 39.0 Å². The van der Waals surface area contributed by atoms with Gasteiger partial charge in [0, 0.05) is 13.1 Å².